The molecule has 8 heteroatoms. The standard InChI is InChI=1S/C34H42O8/c1-7-31(35)41-25(19-37-17-23(3)4)21-39-33-27-13-9-11-15-29(27)34(30-16-12-10-14-28(30)33)40-22-26(42-32(36)8-2)20-38-18-24(5)6/h9-16,25-26H,3,5,7-8,17-22H2,1-2,4,6H3. The molecule has 0 saturated carbocycles. The number of esters is 2. The second kappa shape index (κ2) is 16.5. The van der Waals surface area contributed by atoms with Crippen LogP contribution in [0.3, 0.4) is 0 Å². The Labute approximate surface area is 248 Å². The lowest BCUT2D eigenvalue weighted by molar-refractivity contribution is -0.154. The molecule has 3 rings (SSSR count). The molecule has 0 fully saturated rings. The van der Waals surface area contributed by atoms with Crippen LogP contribution in [0.25, 0.3) is 21.5 Å². The van der Waals surface area contributed by atoms with Gasteiger partial charge >= 0.3 is 11.9 Å². The molecule has 0 aliphatic rings. The van der Waals surface area contributed by atoms with Crippen molar-refractivity contribution < 1.29 is 38.0 Å². The highest BCUT2D eigenvalue weighted by molar-refractivity contribution is 6.11. The third kappa shape index (κ3) is 9.60. The maximum absolute atomic E-state index is 12.1. The molecule has 2 atom stereocenters. The van der Waals surface area contributed by atoms with Crippen molar-refractivity contribution in [3.05, 3.63) is 72.8 Å². The lowest BCUT2D eigenvalue weighted by Crippen LogP contribution is -2.30. The first-order valence-corrected chi connectivity index (χ1v) is 14.3. The Bertz CT molecular complexity index is 1220. The molecule has 0 spiro atoms. The van der Waals surface area contributed by atoms with Crippen LogP contribution in [-0.2, 0) is 28.5 Å². The molecule has 42 heavy (non-hydrogen) atoms. The van der Waals surface area contributed by atoms with E-state index >= 15 is 0 Å². The van der Waals surface area contributed by atoms with Crippen LogP contribution in [0.1, 0.15) is 40.5 Å². The first-order chi connectivity index (χ1) is 20.2. The van der Waals surface area contributed by atoms with Crippen LogP contribution in [0, 0.1) is 0 Å². The summed E-state index contributed by atoms with van der Waals surface area (Å²) in [5.74, 6) is 0.632. The molecular weight excluding hydrogens is 536 g/mol. The summed E-state index contributed by atoms with van der Waals surface area (Å²) < 4.78 is 35.4. The molecule has 0 bridgehead atoms. The van der Waals surface area contributed by atoms with Crippen molar-refractivity contribution in [1.29, 1.82) is 0 Å². The first kappa shape index (κ1) is 32.6. The Morgan fingerprint density at radius 1 is 0.619 bits per heavy atom. The van der Waals surface area contributed by atoms with Crippen LogP contribution in [0.15, 0.2) is 72.8 Å². The second-order valence-corrected chi connectivity index (χ2v) is 10.2. The van der Waals surface area contributed by atoms with E-state index in [-0.39, 0.29) is 51.2 Å². The van der Waals surface area contributed by atoms with Crippen LogP contribution >= 0.6 is 0 Å². The van der Waals surface area contributed by atoms with Gasteiger partial charge in [-0.1, -0.05) is 86.7 Å². The molecule has 0 N–H and O–H groups in total. The Morgan fingerprint density at radius 3 is 1.24 bits per heavy atom. The van der Waals surface area contributed by atoms with Crippen LogP contribution < -0.4 is 9.47 Å². The zero-order chi connectivity index (χ0) is 30.5. The van der Waals surface area contributed by atoms with E-state index in [0.717, 1.165) is 32.7 Å². The van der Waals surface area contributed by atoms with Crippen LogP contribution in [0.4, 0.5) is 0 Å². The number of hydrogen-bond acceptors (Lipinski definition) is 8. The van der Waals surface area contributed by atoms with Crippen molar-refractivity contribution >= 4 is 33.5 Å². The fraction of sp³-hybridized carbons (Fsp3) is 0.412. The second-order valence-electron chi connectivity index (χ2n) is 10.2. The number of benzene rings is 3. The number of hydrogen-bond donors (Lipinski definition) is 0. The van der Waals surface area contributed by atoms with Gasteiger partial charge < -0.3 is 28.4 Å². The van der Waals surface area contributed by atoms with Crippen molar-refractivity contribution in [2.24, 2.45) is 0 Å². The Balaban J connectivity index is 1.92. The summed E-state index contributed by atoms with van der Waals surface area (Å²) in [5.41, 5.74) is 1.75. The highest BCUT2D eigenvalue weighted by atomic mass is 16.6. The minimum Gasteiger partial charge on any atom is -0.488 e. The highest BCUT2D eigenvalue weighted by Crippen LogP contribution is 2.42. The van der Waals surface area contributed by atoms with E-state index in [1.54, 1.807) is 13.8 Å². The zero-order valence-corrected chi connectivity index (χ0v) is 25.1. The van der Waals surface area contributed by atoms with E-state index in [2.05, 4.69) is 13.2 Å². The van der Waals surface area contributed by atoms with Gasteiger partial charge in [0.15, 0.2) is 12.2 Å². The summed E-state index contributed by atoms with van der Waals surface area (Å²) in [6.45, 7) is 16.2. The van der Waals surface area contributed by atoms with Gasteiger partial charge in [-0.2, -0.15) is 0 Å². The fourth-order valence-electron chi connectivity index (χ4n) is 4.21. The Morgan fingerprint density at radius 2 is 0.952 bits per heavy atom. The molecule has 2 unspecified atom stereocenters. The third-order valence-corrected chi connectivity index (χ3v) is 6.14. The summed E-state index contributed by atoms with van der Waals surface area (Å²) in [6, 6.07) is 15.5. The molecule has 0 radical (unpaired) electrons. The SMILES string of the molecule is C=C(C)COCC(COc1c2ccccc2c(OCC(COCC(=C)C)OC(=O)CC)c2ccccc12)OC(=O)CC. The van der Waals surface area contributed by atoms with Gasteiger partial charge in [-0.05, 0) is 13.8 Å². The molecule has 8 nitrogen and oxygen atoms in total. The van der Waals surface area contributed by atoms with Gasteiger partial charge in [0.05, 0.1) is 26.4 Å². The van der Waals surface area contributed by atoms with Gasteiger partial charge in [-0.15, -0.1) is 0 Å². The van der Waals surface area contributed by atoms with E-state index in [0.29, 0.717) is 24.7 Å². The van der Waals surface area contributed by atoms with Crippen molar-refractivity contribution in [2.75, 3.05) is 39.6 Å². The first-order valence-electron chi connectivity index (χ1n) is 14.3. The molecule has 3 aromatic carbocycles. The normalized spacial score (nSPS) is 12.5. The lowest BCUT2D eigenvalue weighted by Gasteiger charge is -2.23. The summed E-state index contributed by atoms with van der Waals surface area (Å²) in [7, 11) is 0. The maximum atomic E-state index is 12.1. The predicted molar refractivity (Wildman–Crippen MR) is 164 cm³/mol. The third-order valence-electron chi connectivity index (χ3n) is 6.14. The van der Waals surface area contributed by atoms with E-state index in [4.69, 9.17) is 28.4 Å². The number of rotatable bonds is 18. The maximum Gasteiger partial charge on any atom is 0.305 e. The van der Waals surface area contributed by atoms with Crippen LogP contribution in [0.5, 0.6) is 11.5 Å². The number of carbonyl (C=O) groups excluding carboxylic acids is 2. The monoisotopic (exact) mass is 578 g/mol. The highest BCUT2D eigenvalue weighted by Gasteiger charge is 2.21. The molecule has 3 aromatic rings. The van der Waals surface area contributed by atoms with Crippen molar-refractivity contribution in [3.63, 3.8) is 0 Å². The molecule has 0 aromatic heterocycles. The van der Waals surface area contributed by atoms with E-state index in [9.17, 15) is 9.59 Å². The van der Waals surface area contributed by atoms with Gasteiger partial charge in [-0.25, -0.2) is 0 Å². The molecule has 226 valence electrons. The topological polar surface area (TPSA) is 89.5 Å². The number of fused-ring (bicyclic) bond motifs is 2. The average Bonchev–Trinajstić information content (AvgIpc) is 2.97. The Kier molecular flexibility index (Phi) is 12.8. The molecule has 0 amide bonds. The minimum absolute atomic E-state index is 0.102. The lowest BCUT2D eigenvalue weighted by atomic mass is 10.0. The molecule has 0 aliphatic heterocycles. The summed E-state index contributed by atoms with van der Waals surface area (Å²) >= 11 is 0. The van der Waals surface area contributed by atoms with Crippen LogP contribution in [0.2, 0.25) is 0 Å². The van der Waals surface area contributed by atoms with E-state index in [1.807, 2.05) is 62.4 Å². The van der Waals surface area contributed by atoms with Gasteiger partial charge in [0, 0.05) is 34.4 Å². The van der Waals surface area contributed by atoms with E-state index < -0.39 is 12.2 Å². The van der Waals surface area contributed by atoms with E-state index in [1.165, 1.54) is 0 Å². The van der Waals surface area contributed by atoms with Crippen molar-refractivity contribution in [3.8, 4) is 11.5 Å². The largest absolute Gasteiger partial charge is 0.488 e. The number of ether oxygens (including phenoxy) is 6. The zero-order valence-electron chi connectivity index (χ0n) is 25.1. The molecule has 0 saturated heterocycles. The fourth-order valence-corrected chi connectivity index (χ4v) is 4.21. The van der Waals surface area contributed by atoms with Gasteiger partial charge in [0.25, 0.3) is 0 Å². The van der Waals surface area contributed by atoms with Gasteiger partial charge in [0.1, 0.15) is 24.7 Å². The quantitative estimate of drug-likeness (QED) is 0.0950. The molecule has 0 aliphatic carbocycles. The smallest absolute Gasteiger partial charge is 0.305 e. The molecular formula is C34H42O8. The minimum atomic E-state index is -0.599. The summed E-state index contributed by atoms with van der Waals surface area (Å²) in [6.07, 6.45) is -0.694. The average molecular weight is 579 g/mol. The predicted octanol–water partition coefficient (Wildman–Crippen LogP) is 6.58. The van der Waals surface area contributed by atoms with Crippen LogP contribution in [-0.4, -0.2) is 63.8 Å². The Hall–Kier alpha value is -3.88. The summed E-state index contributed by atoms with van der Waals surface area (Å²) in [5, 5.41) is 3.32. The van der Waals surface area contributed by atoms with Crippen molar-refractivity contribution in [2.45, 2.75) is 52.7 Å². The van der Waals surface area contributed by atoms with Crippen molar-refractivity contribution in [1.82, 2.24) is 0 Å². The number of carbonyl (C=O) groups is 2. The summed E-state index contributed by atoms with van der Waals surface area (Å²) in [4.78, 5) is 24.2. The molecule has 0 heterocycles. The van der Waals surface area contributed by atoms with Gasteiger partial charge in [0.2, 0.25) is 0 Å². The van der Waals surface area contributed by atoms with Gasteiger partial charge in [-0.3, -0.25) is 9.59 Å².